The molecule has 0 aliphatic heterocycles. The van der Waals surface area contributed by atoms with Crippen LogP contribution >= 0.6 is 0 Å². The van der Waals surface area contributed by atoms with Gasteiger partial charge in [-0.05, 0) is 43.4 Å². The number of methoxy groups -OCH3 is 2. The summed E-state index contributed by atoms with van der Waals surface area (Å²) in [6.45, 7) is 3.01. The summed E-state index contributed by atoms with van der Waals surface area (Å²) in [5.41, 5.74) is 1.06. The standard InChI is InChI=1S/C16H25NO3/c1-11(13-6-4-5-7-13)17-10-12-8-14(19-2)16(18)15(9-12)20-3/h8-9,11,13,17-18H,4-7,10H2,1-3H3. The molecule has 2 N–H and O–H groups in total. The van der Waals surface area contributed by atoms with Crippen molar-refractivity contribution in [3.05, 3.63) is 17.7 Å². The van der Waals surface area contributed by atoms with Crippen LogP contribution in [0.5, 0.6) is 17.2 Å². The highest BCUT2D eigenvalue weighted by atomic mass is 16.5. The van der Waals surface area contributed by atoms with Crippen molar-refractivity contribution in [2.24, 2.45) is 5.92 Å². The van der Waals surface area contributed by atoms with Crippen molar-refractivity contribution in [1.82, 2.24) is 5.32 Å². The second kappa shape index (κ2) is 6.84. The fourth-order valence-corrected chi connectivity index (χ4v) is 2.95. The maximum atomic E-state index is 9.89. The summed E-state index contributed by atoms with van der Waals surface area (Å²) in [4.78, 5) is 0. The van der Waals surface area contributed by atoms with Gasteiger partial charge in [-0.3, -0.25) is 0 Å². The Labute approximate surface area is 121 Å². The molecule has 0 spiro atoms. The van der Waals surface area contributed by atoms with Crippen LogP contribution in [-0.2, 0) is 6.54 Å². The number of nitrogens with one attached hydrogen (secondary N) is 1. The third kappa shape index (κ3) is 3.37. The van der Waals surface area contributed by atoms with E-state index in [2.05, 4.69) is 12.2 Å². The first kappa shape index (κ1) is 15.0. The monoisotopic (exact) mass is 279 g/mol. The first-order chi connectivity index (χ1) is 9.65. The molecule has 4 nitrogen and oxygen atoms in total. The quantitative estimate of drug-likeness (QED) is 0.840. The number of hydrogen-bond acceptors (Lipinski definition) is 4. The van der Waals surface area contributed by atoms with Crippen molar-refractivity contribution in [3.8, 4) is 17.2 Å². The molecule has 1 aromatic carbocycles. The molecule has 0 radical (unpaired) electrons. The summed E-state index contributed by atoms with van der Waals surface area (Å²) in [6.07, 6.45) is 5.38. The number of phenols is 1. The van der Waals surface area contributed by atoms with Gasteiger partial charge in [0.25, 0.3) is 0 Å². The van der Waals surface area contributed by atoms with E-state index in [1.165, 1.54) is 25.7 Å². The zero-order chi connectivity index (χ0) is 14.5. The number of benzene rings is 1. The van der Waals surface area contributed by atoms with Crippen LogP contribution in [0, 0.1) is 5.92 Å². The summed E-state index contributed by atoms with van der Waals surface area (Å²) < 4.78 is 10.4. The van der Waals surface area contributed by atoms with Gasteiger partial charge < -0.3 is 19.9 Å². The Morgan fingerprint density at radius 1 is 1.20 bits per heavy atom. The van der Waals surface area contributed by atoms with Crippen LogP contribution in [0.1, 0.15) is 38.2 Å². The van der Waals surface area contributed by atoms with Crippen LogP contribution in [0.4, 0.5) is 0 Å². The van der Waals surface area contributed by atoms with E-state index in [-0.39, 0.29) is 5.75 Å². The lowest BCUT2D eigenvalue weighted by atomic mass is 9.99. The number of aromatic hydroxyl groups is 1. The Morgan fingerprint density at radius 2 is 1.75 bits per heavy atom. The molecule has 1 aromatic rings. The minimum atomic E-state index is 0.0580. The van der Waals surface area contributed by atoms with Crippen molar-refractivity contribution in [2.75, 3.05) is 14.2 Å². The predicted octanol–water partition coefficient (Wildman–Crippen LogP) is 3.08. The molecule has 1 aliphatic carbocycles. The van der Waals surface area contributed by atoms with Crippen LogP contribution in [0.15, 0.2) is 12.1 Å². The van der Waals surface area contributed by atoms with Gasteiger partial charge >= 0.3 is 0 Å². The van der Waals surface area contributed by atoms with Gasteiger partial charge in [0, 0.05) is 12.6 Å². The summed E-state index contributed by atoms with van der Waals surface area (Å²) in [7, 11) is 3.10. The molecular weight excluding hydrogens is 254 g/mol. The third-order valence-electron chi connectivity index (χ3n) is 4.27. The molecule has 0 saturated heterocycles. The minimum absolute atomic E-state index is 0.0580. The maximum absolute atomic E-state index is 9.89. The molecule has 2 rings (SSSR count). The van der Waals surface area contributed by atoms with Crippen LogP contribution < -0.4 is 14.8 Å². The fraction of sp³-hybridized carbons (Fsp3) is 0.625. The molecule has 1 fully saturated rings. The Balaban J connectivity index is 2.01. The predicted molar refractivity (Wildman–Crippen MR) is 79.5 cm³/mol. The second-order valence-electron chi connectivity index (χ2n) is 5.56. The highest BCUT2D eigenvalue weighted by Crippen LogP contribution is 2.37. The number of phenolic OH excluding ortho intramolecular Hbond substituents is 1. The maximum Gasteiger partial charge on any atom is 0.200 e. The van der Waals surface area contributed by atoms with E-state index >= 15 is 0 Å². The van der Waals surface area contributed by atoms with Crippen LogP contribution in [0.3, 0.4) is 0 Å². The summed E-state index contributed by atoms with van der Waals surface area (Å²) in [5, 5.41) is 13.5. The Morgan fingerprint density at radius 3 is 2.25 bits per heavy atom. The molecule has 20 heavy (non-hydrogen) atoms. The van der Waals surface area contributed by atoms with Crippen molar-refractivity contribution in [2.45, 2.75) is 45.2 Å². The minimum Gasteiger partial charge on any atom is -0.502 e. The smallest absolute Gasteiger partial charge is 0.200 e. The fourth-order valence-electron chi connectivity index (χ4n) is 2.95. The van der Waals surface area contributed by atoms with E-state index in [1.807, 2.05) is 12.1 Å². The van der Waals surface area contributed by atoms with Crippen LogP contribution in [0.2, 0.25) is 0 Å². The van der Waals surface area contributed by atoms with Gasteiger partial charge in [-0.2, -0.15) is 0 Å². The molecular formula is C16H25NO3. The van der Waals surface area contributed by atoms with Gasteiger partial charge in [-0.25, -0.2) is 0 Å². The summed E-state index contributed by atoms with van der Waals surface area (Å²) >= 11 is 0. The lowest BCUT2D eigenvalue weighted by Crippen LogP contribution is -2.31. The molecule has 1 saturated carbocycles. The molecule has 0 heterocycles. The summed E-state index contributed by atoms with van der Waals surface area (Å²) in [5.74, 6) is 1.75. The molecule has 1 atom stereocenters. The third-order valence-corrected chi connectivity index (χ3v) is 4.27. The Hall–Kier alpha value is -1.42. The lowest BCUT2D eigenvalue weighted by molar-refractivity contribution is 0.337. The van der Waals surface area contributed by atoms with Crippen molar-refractivity contribution < 1.29 is 14.6 Å². The van der Waals surface area contributed by atoms with E-state index in [0.717, 1.165) is 18.0 Å². The van der Waals surface area contributed by atoms with Gasteiger partial charge in [0.2, 0.25) is 5.75 Å². The number of rotatable bonds is 6. The van der Waals surface area contributed by atoms with E-state index in [1.54, 1.807) is 14.2 Å². The topological polar surface area (TPSA) is 50.7 Å². The van der Waals surface area contributed by atoms with Gasteiger partial charge in [-0.1, -0.05) is 12.8 Å². The SMILES string of the molecule is COc1cc(CNC(C)C2CCCC2)cc(OC)c1O. The van der Waals surface area contributed by atoms with Gasteiger partial charge in [0.05, 0.1) is 14.2 Å². The molecule has 0 aromatic heterocycles. The first-order valence-electron chi connectivity index (χ1n) is 7.33. The van der Waals surface area contributed by atoms with E-state index < -0.39 is 0 Å². The molecule has 1 unspecified atom stereocenters. The molecule has 0 bridgehead atoms. The Bertz CT molecular complexity index is 416. The zero-order valence-electron chi connectivity index (χ0n) is 12.6. The number of ether oxygens (including phenoxy) is 2. The van der Waals surface area contributed by atoms with Crippen LogP contribution in [0.25, 0.3) is 0 Å². The van der Waals surface area contributed by atoms with Gasteiger partial charge in [0.15, 0.2) is 11.5 Å². The number of hydrogen-bond donors (Lipinski definition) is 2. The average Bonchev–Trinajstić information content (AvgIpc) is 3.00. The summed E-state index contributed by atoms with van der Waals surface area (Å²) in [6, 6.07) is 4.22. The highest BCUT2D eigenvalue weighted by Gasteiger charge is 2.21. The van der Waals surface area contributed by atoms with Crippen molar-refractivity contribution in [1.29, 1.82) is 0 Å². The lowest BCUT2D eigenvalue weighted by Gasteiger charge is -2.21. The largest absolute Gasteiger partial charge is 0.502 e. The van der Waals surface area contributed by atoms with Crippen molar-refractivity contribution >= 4 is 0 Å². The normalized spacial score (nSPS) is 17.1. The van der Waals surface area contributed by atoms with Gasteiger partial charge in [0.1, 0.15) is 0 Å². The van der Waals surface area contributed by atoms with E-state index in [0.29, 0.717) is 17.5 Å². The highest BCUT2D eigenvalue weighted by molar-refractivity contribution is 5.52. The molecule has 4 heteroatoms. The zero-order valence-corrected chi connectivity index (χ0v) is 12.6. The second-order valence-corrected chi connectivity index (χ2v) is 5.56. The van der Waals surface area contributed by atoms with E-state index in [4.69, 9.17) is 9.47 Å². The Kier molecular flexibility index (Phi) is 5.12. The molecule has 0 amide bonds. The van der Waals surface area contributed by atoms with Crippen LogP contribution in [-0.4, -0.2) is 25.4 Å². The molecule has 1 aliphatic rings. The van der Waals surface area contributed by atoms with E-state index in [9.17, 15) is 5.11 Å². The van der Waals surface area contributed by atoms with Gasteiger partial charge in [-0.15, -0.1) is 0 Å². The molecule has 112 valence electrons. The first-order valence-corrected chi connectivity index (χ1v) is 7.33. The average molecular weight is 279 g/mol. The van der Waals surface area contributed by atoms with Crippen molar-refractivity contribution in [3.63, 3.8) is 0 Å².